The van der Waals surface area contributed by atoms with Gasteiger partial charge in [0.15, 0.2) is 5.65 Å². The van der Waals surface area contributed by atoms with E-state index in [1.54, 1.807) is 6.33 Å². The fourth-order valence-corrected chi connectivity index (χ4v) is 3.41. The minimum absolute atomic E-state index is 0.639. The highest BCUT2D eigenvalue weighted by molar-refractivity contribution is 5.70. The van der Waals surface area contributed by atoms with Gasteiger partial charge < -0.3 is 9.47 Å². The van der Waals surface area contributed by atoms with E-state index in [1.807, 2.05) is 17.8 Å². The van der Waals surface area contributed by atoms with E-state index in [0.717, 1.165) is 36.6 Å². The Morgan fingerprint density at radius 1 is 1.04 bits per heavy atom. The third-order valence-electron chi connectivity index (χ3n) is 4.75. The minimum Gasteiger partial charge on any atom is -0.341 e. The van der Waals surface area contributed by atoms with E-state index in [0.29, 0.717) is 5.92 Å². The Kier molecular flexibility index (Phi) is 3.69. The fraction of sp³-hybridized carbons (Fsp3) is 0.389. The number of aromatic nitrogens is 4. The number of benzene rings is 1. The van der Waals surface area contributed by atoms with Crippen LogP contribution in [-0.2, 0) is 7.05 Å². The Morgan fingerprint density at radius 3 is 2.78 bits per heavy atom. The molecule has 1 fully saturated rings. The molecular formula is C18H21N5. The zero-order valence-corrected chi connectivity index (χ0v) is 13.4. The molecule has 4 rings (SSSR count). The second-order valence-electron chi connectivity index (χ2n) is 6.26. The van der Waals surface area contributed by atoms with Gasteiger partial charge in [0, 0.05) is 20.1 Å². The summed E-state index contributed by atoms with van der Waals surface area (Å²) in [6.45, 7) is 2.01. The van der Waals surface area contributed by atoms with Crippen LogP contribution >= 0.6 is 0 Å². The monoisotopic (exact) mass is 307 g/mol. The molecule has 0 N–H and O–H groups in total. The molecule has 1 atom stereocenters. The molecule has 0 saturated carbocycles. The minimum atomic E-state index is 0.639. The number of rotatable bonds is 2. The maximum atomic E-state index is 4.64. The normalized spacial score (nSPS) is 19.0. The van der Waals surface area contributed by atoms with Crippen molar-refractivity contribution in [1.29, 1.82) is 0 Å². The summed E-state index contributed by atoms with van der Waals surface area (Å²) in [5.41, 5.74) is 3.21. The van der Waals surface area contributed by atoms with Crippen LogP contribution < -0.4 is 4.90 Å². The summed E-state index contributed by atoms with van der Waals surface area (Å²) in [6.07, 6.45) is 7.21. The first kappa shape index (κ1) is 14.2. The molecule has 118 valence electrons. The second kappa shape index (κ2) is 5.99. The lowest BCUT2D eigenvalue weighted by atomic mass is 9.92. The van der Waals surface area contributed by atoms with Crippen LogP contribution in [0.1, 0.15) is 30.7 Å². The van der Waals surface area contributed by atoms with Crippen LogP contribution in [0.25, 0.3) is 11.2 Å². The lowest BCUT2D eigenvalue weighted by Gasteiger charge is -2.20. The molecule has 3 heterocycles. The van der Waals surface area contributed by atoms with Gasteiger partial charge >= 0.3 is 0 Å². The van der Waals surface area contributed by atoms with Crippen molar-refractivity contribution in [3.63, 3.8) is 0 Å². The summed E-state index contributed by atoms with van der Waals surface area (Å²) in [4.78, 5) is 15.8. The number of imidazole rings is 1. The third-order valence-corrected chi connectivity index (χ3v) is 4.75. The van der Waals surface area contributed by atoms with Crippen molar-refractivity contribution in [3.05, 3.63) is 48.4 Å². The predicted molar refractivity (Wildman–Crippen MR) is 91.6 cm³/mol. The van der Waals surface area contributed by atoms with Crippen LogP contribution in [-0.4, -0.2) is 32.6 Å². The smallest absolute Gasteiger partial charge is 0.227 e. The second-order valence-corrected chi connectivity index (χ2v) is 6.26. The zero-order valence-electron chi connectivity index (χ0n) is 13.4. The van der Waals surface area contributed by atoms with Crippen LogP contribution in [0.3, 0.4) is 0 Å². The number of aryl methyl sites for hydroxylation is 1. The van der Waals surface area contributed by atoms with Gasteiger partial charge in [0.25, 0.3) is 0 Å². The molecule has 1 aliphatic rings. The zero-order chi connectivity index (χ0) is 15.6. The molecule has 23 heavy (non-hydrogen) atoms. The van der Waals surface area contributed by atoms with Crippen molar-refractivity contribution in [1.82, 2.24) is 19.5 Å². The van der Waals surface area contributed by atoms with Crippen LogP contribution in [0.2, 0.25) is 0 Å². The van der Waals surface area contributed by atoms with E-state index in [2.05, 4.69) is 50.2 Å². The summed E-state index contributed by atoms with van der Waals surface area (Å²) in [7, 11) is 1.97. The summed E-state index contributed by atoms with van der Waals surface area (Å²) < 4.78 is 1.95. The Hall–Kier alpha value is -2.43. The molecule has 1 unspecified atom stereocenters. The number of fused-ring (bicyclic) bond motifs is 1. The summed E-state index contributed by atoms with van der Waals surface area (Å²) in [5, 5.41) is 0. The first-order valence-corrected chi connectivity index (χ1v) is 8.25. The van der Waals surface area contributed by atoms with Gasteiger partial charge in [-0.3, -0.25) is 0 Å². The Labute approximate surface area is 136 Å². The number of nitrogens with zero attached hydrogens (tertiary/aromatic N) is 5. The standard InChI is InChI=1S/C18H21N5/c1-22-13-20-17-16(22)12-19-18(21-17)23-10-5-8-15(9-11-23)14-6-3-2-4-7-14/h2-4,6-7,12-13,15H,5,8-11H2,1H3. The van der Waals surface area contributed by atoms with Crippen molar-refractivity contribution in [2.75, 3.05) is 18.0 Å². The maximum absolute atomic E-state index is 4.64. The van der Waals surface area contributed by atoms with Crippen molar-refractivity contribution < 1.29 is 0 Å². The molecule has 1 saturated heterocycles. The lowest BCUT2D eigenvalue weighted by molar-refractivity contribution is 0.611. The van der Waals surface area contributed by atoms with Gasteiger partial charge in [0.2, 0.25) is 5.95 Å². The van der Waals surface area contributed by atoms with E-state index in [9.17, 15) is 0 Å². The lowest BCUT2D eigenvalue weighted by Crippen LogP contribution is -2.26. The van der Waals surface area contributed by atoms with Gasteiger partial charge in [-0.25, -0.2) is 9.97 Å². The molecule has 5 nitrogen and oxygen atoms in total. The average Bonchev–Trinajstić information content (AvgIpc) is 2.82. The SMILES string of the molecule is Cn1cnc2nc(N3CCCC(c4ccccc4)CC3)ncc21. The van der Waals surface area contributed by atoms with Gasteiger partial charge in [-0.2, -0.15) is 4.98 Å². The quantitative estimate of drug-likeness (QED) is 0.730. The topological polar surface area (TPSA) is 46.8 Å². The number of hydrogen-bond acceptors (Lipinski definition) is 4. The van der Waals surface area contributed by atoms with Gasteiger partial charge in [-0.15, -0.1) is 0 Å². The molecule has 0 spiro atoms. The van der Waals surface area contributed by atoms with Crippen molar-refractivity contribution in [2.45, 2.75) is 25.2 Å². The van der Waals surface area contributed by atoms with E-state index >= 15 is 0 Å². The Balaban J connectivity index is 1.53. The molecule has 0 radical (unpaired) electrons. The van der Waals surface area contributed by atoms with Gasteiger partial charge in [0.05, 0.1) is 12.5 Å². The van der Waals surface area contributed by atoms with Crippen LogP contribution in [0, 0.1) is 0 Å². The maximum Gasteiger partial charge on any atom is 0.227 e. The summed E-state index contributed by atoms with van der Waals surface area (Å²) in [6, 6.07) is 10.8. The molecule has 2 aromatic heterocycles. The van der Waals surface area contributed by atoms with Crippen molar-refractivity contribution in [2.24, 2.45) is 7.05 Å². The van der Waals surface area contributed by atoms with Crippen molar-refractivity contribution in [3.8, 4) is 0 Å². The molecule has 0 aliphatic carbocycles. The third kappa shape index (κ3) is 2.79. The molecule has 5 heteroatoms. The van der Waals surface area contributed by atoms with Gasteiger partial charge in [-0.05, 0) is 30.7 Å². The first-order valence-electron chi connectivity index (χ1n) is 8.25. The summed E-state index contributed by atoms with van der Waals surface area (Å²) in [5.74, 6) is 1.45. The predicted octanol–water partition coefficient (Wildman–Crippen LogP) is 3.14. The van der Waals surface area contributed by atoms with E-state index in [4.69, 9.17) is 0 Å². The van der Waals surface area contributed by atoms with Crippen LogP contribution in [0.15, 0.2) is 42.9 Å². The van der Waals surface area contributed by atoms with Crippen LogP contribution in [0.4, 0.5) is 5.95 Å². The van der Waals surface area contributed by atoms with E-state index < -0.39 is 0 Å². The molecule has 1 aliphatic heterocycles. The first-order chi connectivity index (χ1) is 11.3. The van der Waals surface area contributed by atoms with Crippen LogP contribution in [0.5, 0.6) is 0 Å². The fourth-order valence-electron chi connectivity index (χ4n) is 3.41. The molecule has 1 aromatic carbocycles. The highest BCUT2D eigenvalue weighted by Crippen LogP contribution is 2.29. The average molecular weight is 307 g/mol. The van der Waals surface area contributed by atoms with Crippen molar-refractivity contribution >= 4 is 17.1 Å². The summed E-state index contributed by atoms with van der Waals surface area (Å²) >= 11 is 0. The molecule has 0 bridgehead atoms. The Morgan fingerprint density at radius 2 is 1.91 bits per heavy atom. The Bertz CT molecular complexity index is 796. The highest BCUT2D eigenvalue weighted by Gasteiger charge is 2.20. The molecule has 0 amide bonds. The van der Waals surface area contributed by atoms with E-state index in [-0.39, 0.29) is 0 Å². The largest absolute Gasteiger partial charge is 0.341 e. The van der Waals surface area contributed by atoms with Gasteiger partial charge in [0.1, 0.15) is 5.52 Å². The van der Waals surface area contributed by atoms with E-state index in [1.165, 1.54) is 18.4 Å². The van der Waals surface area contributed by atoms with Gasteiger partial charge in [-0.1, -0.05) is 30.3 Å². The molecule has 3 aromatic rings. The highest BCUT2D eigenvalue weighted by atomic mass is 15.3. The molecular weight excluding hydrogens is 286 g/mol. The number of anilines is 1. The number of hydrogen-bond donors (Lipinski definition) is 0.